The molecule has 0 heterocycles. The van der Waals surface area contributed by atoms with Crippen molar-refractivity contribution in [2.45, 2.75) is 45.8 Å². The predicted molar refractivity (Wildman–Crippen MR) is 58.0 cm³/mol. The Morgan fingerprint density at radius 3 is 2.17 bits per heavy atom. The molecule has 0 aromatic heterocycles. The largest absolute Gasteiger partial charge is 0.417 e. The van der Waals surface area contributed by atoms with Gasteiger partial charge in [-0.3, -0.25) is 0 Å². The Balaban J connectivity index is 3.21. The smallest absolute Gasteiger partial charge is 0.183 e. The van der Waals surface area contributed by atoms with Gasteiger partial charge in [0.1, 0.15) is 0 Å². The molecule has 0 aromatic rings. The fraction of sp³-hybridized carbons (Fsp3) is 0.800. The van der Waals surface area contributed by atoms with E-state index in [0.29, 0.717) is 0 Å². The molecule has 0 amide bonds. The van der Waals surface area contributed by atoms with Crippen molar-refractivity contribution >= 4 is 8.32 Å². The van der Waals surface area contributed by atoms with Crippen LogP contribution in [0.2, 0.25) is 19.6 Å². The summed E-state index contributed by atoms with van der Waals surface area (Å²) in [5, 5.41) is 0. The number of hydrogen-bond acceptors (Lipinski definition) is 1. The first-order valence-electron chi connectivity index (χ1n) is 4.85. The molecule has 0 aliphatic rings. The van der Waals surface area contributed by atoms with Gasteiger partial charge < -0.3 is 4.43 Å². The van der Waals surface area contributed by atoms with Crippen LogP contribution in [0.3, 0.4) is 0 Å². The van der Waals surface area contributed by atoms with Crippen LogP contribution in [0.25, 0.3) is 0 Å². The quantitative estimate of drug-likeness (QED) is 0.350. The van der Waals surface area contributed by atoms with E-state index in [2.05, 4.69) is 38.7 Å². The molecule has 0 rings (SSSR count). The van der Waals surface area contributed by atoms with Gasteiger partial charge in [0.15, 0.2) is 8.32 Å². The third-order valence-electron chi connectivity index (χ3n) is 1.44. The Hall–Kier alpha value is -0.0831. The monoisotopic (exact) mass is 186 g/mol. The highest BCUT2D eigenvalue weighted by Crippen LogP contribution is 2.03. The summed E-state index contributed by atoms with van der Waals surface area (Å²) in [6.07, 6.45) is 7.99. The van der Waals surface area contributed by atoms with Crippen molar-refractivity contribution in [2.24, 2.45) is 0 Å². The first-order chi connectivity index (χ1) is 5.56. The Kier molecular flexibility index (Phi) is 6.39. The summed E-state index contributed by atoms with van der Waals surface area (Å²) < 4.78 is 5.70. The standard InChI is InChI=1S/C10H22OSi/c1-5-6-7-8-9-10-11-12(2,3)4/h7-8H,5-6,9-10H2,1-4H3/b8-7-. The Morgan fingerprint density at radius 1 is 1.08 bits per heavy atom. The molecule has 0 aliphatic heterocycles. The maximum atomic E-state index is 5.70. The molecule has 0 saturated carbocycles. The van der Waals surface area contributed by atoms with E-state index in [-0.39, 0.29) is 0 Å². The highest BCUT2D eigenvalue weighted by atomic mass is 28.4. The molecular formula is C10H22OSi. The zero-order valence-electron chi connectivity index (χ0n) is 8.89. The van der Waals surface area contributed by atoms with Gasteiger partial charge in [0.2, 0.25) is 0 Å². The van der Waals surface area contributed by atoms with Crippen LogP contribution in [0.4, 0.5) is 0 Å². The Bertz CT molecular complexity index is 124. The van der Waals surface area contributed by atoms with Gasteiger partial charge in [-0.15, -0.1) is 0 Å². The van der Waals surface area contributed by atoms with Crippen molar-refractivity contribution in [3.8, 4) is 0 Å². The topological polar surface area (TPSA) is 9.23 Å². The Labute approximate surface area is 78.0 Å². The molecule has 1 nitrogen and oxygen atoms in total. The fourth-order valence-corrected chi connectivity index (χ4v) is 1.57. The normalized spacial score (nSPS) is 12.7. The van der Waals surface area contributed by atoms with Crippen LogP contribution in [-0.4, -0.2) is 14.9 Å². The lowest BCUT2D eigenvalue weighted by molar-refractivity contribution is 0.319. The molecular weight excluding hydrogens is 164 g/mol. The molecule has 0 aliphatic carbocycles. The van der Waals surface area contributed by atoms with Crippen molar-refractivity contribution in [1.82, 2.24) is 0 Å². The van der Waals surface area contributed by atoms with E-state index in [0.717, 1.165) is 13.0 Å². The van der Waals surface area contributed by atoms with Gasteiger partial charge in [0.25, 0.3) is 0 Å². The number of allylic oxidation sites excluding steroid dienone is 1. The lowest BCUT2D eigenvalue weighted by atomic mass is 10.3. The molecule has 0 bridgehead atoms. The van der Waals surface area contributed by atoms with Crippen LogP contribution < -0.4 is 0 Å². The van der Waals surface area contributed by atoms with Crippen LogP contribution in [0.1, 0.15) is 26.2 Å². The molecule has 12 heavy (non-hydrogen) atoms. The van der Waals surface area contributed by atoms with Gasteiger partial charge in [0.05, 0.1) is 0 Å². The van der Waals surface area contributed by atoms with Crippen LogP contribution in [0, 0.1) is 0 Å². The van der Waals surface area contributed by atoms with Crippen LogP contribution >= 0.6 is 0 Å². The van der Waals surface area contributed by atoms with E-state index in [1.807, 2.05) is 0 Å². The van der Waals surface area contributed by atoms with Crippen LogP contribution in [-0.2, 0) is 4.43 Å². The average Bonchev–Trinajstić information content (AvgIpc) is 1.94. The highest BCUT2D eigenvalue weighted by Gasteiger charge is 2.12. The summed E-state index contributed by atoms with van der Waals surface area (Å²) in [7, 11) is -1.26. The van der Waals surface area contributed by atoms with Crippen molar-refractivity contribution in [1.29, 1.82) is 0 Å². The Morgan fingerprint density at radius 2 is 1.67 bits per heavy atom. The molecule has 0 saturated heterocycles. The summed E-state index contributed by atoms with van der Waals surface area (Å²) in [5.74, 6) is 0. The van der Waals surface area contributed by atoms with E-state index in [9.17, 15) is 0 Å². The summed E-state index contributed by atoms with van der Waals surface area (Å²) in [4.78, 5) is 0. The first kappa shape index (κ1) is 11.9. The molecule has 0 fully saturated rings. The number of hydrogen-bond donors (Lipinski definition) is 0. The van der Waals surface area contributed by atoms with Crippen LogP contribution in [0.5, 0.6) is 0 Å². The van der Waals surface area contributed by atoms with Crippen molar-refractivity contribution in [2.75, 3.05) is 6.61 Å². The van der Waals surface area contributed by atoms with Crippen molar-refractivity contribution < 1.29 is 4.43 Å². The number of unbranched alkanes of at least 4 members (excludes halogenated alkanes) is 1. The lowest BCUT2D eigenvalue weighted by Gasteiger charge is -2.15. The minimum Gasteiger partial charge on any atom is -0.417 e. The van der Waals surface area contributed by atoms with Crippen LogP contribution in [0.15, 0.2) is 12.2 Å². The molecule has 2 heteroatoms. The molecule has 0 radical (unpaired) electrons. The van der Waals surface area contributed by atoms with Gasteiger partial charge in [-0.2, -0.15) is 0 Å². The summed E-state index contributed by atoms with van der Waals surface area (Å²) in [5.41, 5.74) is 0. The summed E-state index contributed by atoms with van der Waals surface area (Å²) in [6, 6.07) is 0. The first-order valence-corrected chi connectivity index (χ1v) is 8.26. The molecule has 0 atom stereocenters. The SMILES string of the molecule is CCC/C=C\CCO[Si](C)(C)C. The lowest BCUT2D eigenvalue weighted by Crippen LogP contribution is -2.25. The highest BCUT2D eigenvalue weighted by molar-refractivity contribution is 6.69. The second kappa shape index (κ2) is 6.43. The number of rotatable bonds is 6. The zero-order chi connectivity index (χ0) is 9.45. The third kappa shape index (κ3) is 9.92. The van der Waals surface area contributed by atoms with Gasteiger partial charge in [-0.05, 0) is 32.5 Å². The van der Waals surface area contributed by atoms with E-state index in [1.165, 1.54) is 12.8 Å². The average molecular weight is 186 g/mol. The predicted octanol–water partition coefficient (Wildman–Crippen LogP) is 3.58. The molecule has 0 unspecified atom stereocenters. The minimum absolute atomic E-state index is 0.899. The molecule has 0 N–H and O–H groups in total. The van der Waals surface area contributed by atoms with Crippen molar-refractivity contribution in [3.05, 3.63) is 12.2 Å². The van der Waals surface area contributed by atoms with Gasteiger partial charge >= 0.3 is 0 Å². The van der Waals surface area contributed by atoms with E-state index >= 15 is 0 Å². The molecule has 0 spiro atoms. The maximum Gasteiger partial charge on any atom is 0.183 e. The summed E-state index contributed by atoms with van der Waals surface area (Å²) >= 11 is 0. The molecule has 72 valence electrons. The fourth-order valence-electron chi connectivity index (χ4n) is 0.836. The van der Waals surface area contributed by atoms with Gasteiger partial charge in [0, 0.05) is 6.61 Å². The second-order valence-corrected chi connectivity index (χ2v) is 8.52. The van der Waals surface area contributed by atoms with Gasteiger partial charge in [-0.1, -0.05) is 25.5 Å². The zero-order valence-corrected chi connectivity index (χ0v) is 9.89. The maximum absolute atomic E-state index is 5.70. The third-order valence-corrected chi connectivity index (χ3v) is 2.51. The minimum atomic E-state index is -1.26. The van der Waals surface area contributed by atoms with E-state index < -0.39 is 8.32 Å². The summed E-state index contributed by atoms with van der Waals surface area (Å²) in [6.45, 7) is 9.77. The molecule has 0 aromatic carbocycles. The van der Waals surface area contributed by atoms with E-state index in [1.54, 1.807) is 0 Å². The second-order valence-electron chi connectivity index (χ2n) is 4.01. The van der Waals surface area contributed by atoms with Gasteiger partial charge in [-0.25, -0.2) is 0 Å². The van der Waals surface area contributed by atoms with E-state index in [4.69, 9.17) is 4.43 Å². The van der Waals surface area contributed by atoms with Crippen molar-refractivity contribution in [3.63, 3.8) is 0 Å².